The molecule has 1 aromatic carbocycles. The topological polar surface area (TPSA) is 38.8 Å². The van der Waals surface area contributed by atoms with E-state index in [1.807, 2.05) is 39.0 Å². The Labute approximate surface area is 156 Å². The molecule has 1 unspecified atom stereocenters. The third-order valence-corrected chi connectivity index (χ3v) is 4.40. The number of nitrogens with zero attached hydrogens (tertiary/aromatic N) is 1. The summed E-state index contributed by atoms with van der Waals surface area (Å²) in [7, 11) is 0. The van der Waals surface area contributed by atoms with Crippen LogP contribution >= 0.6 is 11.6 Å². The molecule has 0 bridgehead atoms. The van der Waals surface area contributed by atoms with Crippen LogP contribution in [0.1, 0.15) is 53.5 Å². The first-order valence-electron chi connectivity index (χ1n) is 8.86. The van der Waals surface area contributed by atoms with Gasteiger partial charge in [0.1, 0.15) is 11.4 Å². The van der Waals surface area contributed by atoms with Gasteiger partial charge in [0.15, 0.2) is 0 Å². The van der Waals surface area contributed by atoms with Crippen LogP contribution in [-0.2, 0) is 10.2 Å². The van der Waals surface area contributed by atoms with Gasteiger partial charge in [0.05, 0.1) is 6.61 Å². The molecule has 1 aliphatic rings. The van der Waals surface area contributed by atoms with Crippen LogP contribution in [0.2, 0.25) is 5.02 Å². The summed E-state index contributed by atoms with van der Waals surface area (Å²) < 4.78 is 11.5. The van der Waals surface area contributed by atoms with Gasteiger partial charge in [-0.2, -0.15) is 0 Å². The predicted octanol–water partition coefficient (Wildman–Crippen LogP) is 5.27. The number of hydrogen-bond acceptors (Lipinski definition) is 3. The smallest absolute Gasteiger partial charge is 0.410 e. The number of benzene rings is 1. The van der Waals surface area contributed by atoms with Crippen LogP contribution in [0.5, 0.6) is 5.75 Å². The maximum absolute atomic E-state index is 12.2. The zero-order valence-electron chi connectivity index (χ0n) is 16.2. The summed E-state index contributed by atoms with van der Waals surface area (Å²) in [5.41, 5.74) is 0.594. The number of amides is 1. The lowest BCUT2D eigenvalue weighted by Gasteiger charge is -2.25. The van der Waals surface area contributed by atoms with Crippen molar-refractivity contribution in [3.63, 3.8) is 0 Å². The molecule has 0 aromatic heterocycles. The van der Waals surface area contributed by atoms with Crippen LogP contribution < -0.4 is 4.74 Å². The molecule has 1 amide bonds. The number of halogens is 1. The third kappa shape index (κ3) is 5.81. The first kappa shape index (κ1) is 19.9. The van der Waals surface area contributed by atoms with E-state index in [2.05, 4.69) is 20.8 Å². The minimum atomic E-state index is -0.462. The molecule has 0 radical (unpaired) electrons. The normalized spacial score (nSPS) is 18.4. The molecule has 25 heavy (non-hydrogen) atoms. The molecule has 140 valence electrons. The number of carbonyl (C=O) groups is 1. The molecule has 2 rings (SSSR count). The largest absolute Gasteiger partial charge is 0.493 e. The molecule has 1 fully saturated rings. The van der Waals surface area contributed by atoms with Crippen LogP contribution in [0.4, 0.5) is 4.79 Å². The Hall–Kier alpha value is -1.42. The van der Waals surface area contributed by atoms with Crippen molar-refractivity contribution in [2.24, 2.45) is 5.92 Å². The van der Waals surface area contributed by atoms with E-state index in [1.165, 1.54) is 0 Å². The highest BCUT2D eigenvalue weighted by Gasteiger charge is 2.30. The quantitative estimate of drug-likeness (QED) is 0.730. The molecule has 0 N–H and O–H groups in total. The van der Waals surface area contributed by atoms with Crippen molar-refractivity contribution in [2.45, 2.75) is 59.0 Å². The molecule has 0 spiro atoms. The molecule has 0 aliphatic carbocycles. The number of ether oxygens (including phenoxy) is 2. The molecule has 4 nitrogen and oxygen atoms in total. The van der Waals surface area contributed by atoms with Gasteiger partial charge in [-0.25, -0.2) is 4.79 Å². The van der Waals surface area contributed by atoms with Crippen LogP contribution in [0, 0.1) is 5.92 Å². The Morgan fingerprint density at radius 1 is 1.24 bits per heavy atom. The molecule has 1 aliphatic heterocycles. The SMILES string of the molecule is CC(C)(C)OC(=O)N1CCC(COc2ccc(Cl)cc2C(C)(C)C)C1. The Balaban J connectivity index is 1.94. The highest BCUT2D eigenvalue weighted by atomic mass is 35.5. The maximum atomic E-state index is 12.2. The summed E-state index contributed by atoms with van der Waals surface area (Å²) in [6, 6.07) is 5.76. The summed E-state index contributed by atoms with van der Waals surface area (Å²) in [5.74, 6) is 1.18. The zero-order chi connectivity index (χ0) is 18.8. The first-order chi connectivity index (χ1) is 11.5. The van der Waals surface area contributed by atoms with E-state index in [0.717, 1.165) is 24.3 Å². The van der Waals surface area contributed by atoms with E-state index in [0.29, 0.717) is 24.1 Å². The summed E-state index contributed by atoms with van der Waals surface area (Å²) in [4.78, 5) is 13.9. The average molecular weight is 368 g/mol. The number of hydrogen-bond donors (Lipinski definition) is 0. The molecule has 1 heterocycles. The van der Waals surface area contributed by atoms with Crippen molar-refractivity contribution in [3.05, 3.63) is 28.8 Å². The van der Waals surface area contributed by atoms with Gasteiger partial charge in [0, 0.05) is 29.6 Å². The number of likely N-dealkylation sites (tertiary alicyclic amines) is 1. The standard InChI is InChI=1S/C20H30ClNO3/c1-19(2,3)16-11-15(21)7-8-17(16)24-13-14-9-10-22(12-14)18(23)25-20(4,5)6/h7-8,11,14H,9-10,12-13H2,1-6H3. The summed E-state index contributed by atoms with van der Waals surface area (Å²) in [6.45, 7) is 14.1. The molecule has 5 heteroatoms. The van der Waals surface area contributed by atoms with Crippen molar-refractivity contribution >= 4 is 17.7 Å². The fourth-order valence-electron chi connectivity index (χ4n) is 2.88. The van der Waals surface area contributed by atoms with E-state index in [-0.39, 0.29) is 11.5 Å². The van der Waals surface area contributed by atoms with Crippen molar-refractivity contribution in [3.8, 4) is 5.75 Å². The molecule has 1 atom stereocenters. The minimum absolute atomic E-state index is 0.0432. The van der Waals surface area contributed by atoms with E-state index >= 15 is 0 Å². The fourth-order valence-corrected chi connectivity index (χ4v) is 3.05. The van der Waals surface area contributed by atoms with Gasteiger partial charge < -0.3 is 14.4 Å². The highest BCUT2D eigenvalue weighted by Crippen LogP contribution is 2.34. The van der Waals surface area contributed by atoms with Gasteiger partial charge in [-0.1, -0.05) is 32.4 Å². The van der Waals surface area contributed by atoms with Crippen LogP contribution in [0.25, 0.3) is 0 Å². The van der Waals surface area contributed by atoms with Gasteiger partial charge in [0.25, 0.3) is 0 Å². The monoisotopic (exact) mass is 367 g/mol. The molecular formula is C20H30ClNO3. The zero-order valence-corrected chi connectivity index (χ0v) is 16.9. The van der Waals surface area contributed by atoms with E-state index in [4.69, 9.17) is 21.1 Å². The predicted molar refractivity (Wildman–Crippen MR) is 102 cm³/mol. The van der Waals surface area contributed by atoms with Crippen molar-refractivity contribution in [1.82, 2.24) is 4.90 Å². The first-order valence-corrected chi connectivity index (χ1v) is 9.24. The number of rotatable bonds is 3. The maximum Gasteiger partial charge on any atom is 0.410 e. The van der Waals surface area contributed by atoms with E-state index < -0.39 is 5.60 Å². The second kappa shape index (κ2) is 7.45. The second-order valence-corrected chi connectivity index (χ2v) is 9.22. The summed E-state index contributed by atoms with van der Waals surface area (Å²) in [5, 5.41) is 0.717. The lowest BCUT2D eigenvalue weighted by atomic mass is 9.86. The lowest BCUT2D eigenvalue weighted by molar-refractivity contribution is 0.0284. The molecular weight excluding hydrogens is 338 g/mol. The van der Waals surface area contributed by atoms with Crippen LogP contribution in [0.3, 0.4) is 0 Å². The fraction of sp³-hybridized carbons (Fsp3) is 0.650. The molecule has 1 saturated heterocycles. The van der Waals surface area contributed by atoms with Crippen molar-refractivity contribution in [1.29, 1.82) is 0 Å². The van der Waals surface area contributed by atoms with Crippen LogP contribution in [-0.4, -0.2) is 36.3 Å². The second-order valence-electron chi connectivity index (χ2n) is 8.78. The summed E-state index contributed by atoms with van der Waals surface area (Å²) in [6.07, 6.45) is 0.689. The lowest BCUT2D eigenvalue weighted by Crippen LogP contribution is -2.35. The molecule has 1 aromatic rings. The number of carbonyl (C=O) groups excluding carboxylic acids is 1. The van der Waals surface area contributed by atoms with Crippen molar-refractivity contribution < 1.29 is 14.3 Å². The van der Waals surface area contributed by atoms with E-state index in [9.17, 15) is 4.79 Å². The van der Waals surface area contributed by atoms with Gasteiger partial charge >= 0.3 is 6.09 Å². The van der Waals surface area contributed by atoms with Gasteiger partial charge in [-0.15, -0.1) is 0 Å². The third-order valence-electron chi connectivity index (χ3n) is 4.16. The molecule has 0 saturated carbocycles. The van der Waals surface area contributed by atoms with E-state index in [1.54, 1.807) is 4.90 Å². The van der Waals surface area contributed by atoms with Gasteiger partial charge in [-0.3, -0.25) is 0 Å². The van der Waals surface area contributed by atoms with Crippen LogP contribution in [0.15, 0.2) is 18.2 Å². The Morgan fingerprint density at radius 3 is 2.52 bits per heavy atom. The van der Waals surface area contributed by atoms with Crippen molar-refractivity contribution in [2.75, 3.05) is 19.7 Å². The Morgan fingerprint density at radius 2 is 1.92 bits per heavy atom. The van der Waals surface area contributed by atoms with Gasteiger partial charge in [-0.05, 0) is 50.8 Å². The highest BCUT2D eigenvalue weighted by molar-refractivity contribution is 6.30. The Kier molecular flexibility index (Phi) is 5.93. The average Bonchev–Trinajstić information content (AvgIpc) is 2.92. The minimum Gasteiger partial charge on any atom is -0.493 e. The van der Waals surface area contributed by atoms with Gasteiger partial charge in [0.2, 0.25) is 0 Å². The summed E-state index contributed by atoms with van der Waals surface area (Å²) >= 11 is 6.14. The Bertz CT molecular complexity index is 616.